The highest BCUT2D eigenvalue weighted by atomic mass is 32.1. The first-order chi connectivity index (χ1) is 9.28. The fourth-order valence-electron chi connectivity index (χ4n) is 2.15. The Morgan fingerprint density at radius 3 is 2.84 bits per heavy atom. The van der Waals surface area contributed by atoms with Crippen molar-refractivity contribution in [2.45, 2.75) is 19.8 Å². The van der Waals surface area contributed by atoms with E-state index in [9.17, 15) is 4.79 Å². The van der Waals surface area contributed by atoms with E-state index >= 15 is 0 Å². The van der Waals surface area contributed by atoms with E-state index in [-0.39, 0.29) is 5.78 Å². The summed E-state index contributed by atoms with van der Waals surface area (Å²) in [5.41, 5.74) is 1.08. The summed E-state index contributed by atoms with van der Waals surface area (Å²) in [6.07, 6.45) is 1.22. The SMILES string of the molecule is CCc1ccc(C(=O)Cc2csc3ccccc23)o1. The predicted octanol–water partition coefficient (Wildman–Crippen LogP) is 4.48. The number of aryl methyl sites for hydroxylation is 1. The Morgan fingerprint density at radius 1 is 1.21 bits per heavy atom. The van der Waals surface area contributed by atoms with Crippen LogP contribution in [-0.4, -0.2) is 5.78 Å². The minimum absolute atomic E-state index is 0.0447. The van der Waals surface area contributed by atoms with E-state index in [1.807, 2.05) is 25.1 Å². The van der Waals surface area contributed by atoms with E-state index in [0.29, 0.717) is 12.2 Å². The summed E-state index contributed by atoms with van der Waals surface area (Å²) in [6.45, 7) is 2.01. The second kappa shape index (κ2) is 5.02. The zero-order valence-corrected chi connectivity index (χ0v) is 11.5. The molecule has 19 heavy (non-hydrogen) atoms. The molecule has 0 saturated heterocycles. The number of thiophene rings is 1. The molecule has 0 radical (unpaired) electrons. The fraction of sp³-hybridized carbons (Fsp3) is 0.188. The van der Waals surface area contributed by atoms with Gasteiger partial charge in [0.1, 0.15) is 5.76 Å². The summed E-state index contributed by atoms with van der Waals surface area (Å²) in [7, 11) is 0. The fourth-order valence-corrected chi connectivity index (χ4v) is 3.11. The Balaban J connectivity index is 1.86. The lowest BCUT2D eigenvalue weighted by Gasteiger charge is -1.97. The van der Waals surface area contributed by atoms with Gasteiger partial charge in [-0.05, 0) is 34.5 Å². The van der Waals surface area contributed by atoms with Crippen LogP contribution in [0.3, 0.4) is 0 Å². The molecule has 0 aliphatic heterocycles. The van der Waals surface area contributed by atoms with E-state index in [4.69, 9.17) is 4.42 Å². The van der Waals surface area contributed by atoms with Crippen LogP contribution in [0.4, 0.5) is 0 Å². The van der Waals surface area contributed by atoms with Gasteiger partial charge in [0.2, 0.25) is 5.78 Å². The zero-order chi connectivity index (χ0) is 13.2. The lowest BCUT2D eigenvalue weighted by atomic mass is 10.1. The molecule has 0 aliphatic rings. The van der Waals surface area contributed by atoms with Crippen molar-refractivity contribution in [2.24, 2.45) is 0 Å². The largest absolute Gasteiger partial charge is 0.458 e. The van der Waals surface area contributed by atoms with Crippen molar-refractivity contribution in [1.29, 1.82) is 0 Å². The van der Waals surface area contributed by atoms with Crippen LogP contribution < -0.4 is 0 Å². The van der Waals surface area contributed by atoms with Gasteiger partial charge in [0.15, 0.2) is 5.76 Å². The molecule has 1 aromatic carbocycles. The van der Waals surface area contributed by atoms with Gasteiger partial charge in [0, 0.05) is 17.5 Å². The Kier molecular flexibility index (Phi) is 3.22. The van der Waals surface area contributed by atoms with Crippen molar-refractivity contribution < 1.29 is 9.21 Å². The van der Waals surface area contributed by atoms with Gasteiger partial charge in [-0.2, -0.15) is 0 Å². The van der Waals surface area contributed by atoms with E-state index in [0.717, 1.165) is 17.7 Å². The maximum absolute atomic E-state index is 12.2. The highest BCUT2D eigenvalue weighted by Crippen LogP contribution is 2.26. The van der Waals surface area contributed by atoms with Crippen molar-refractivity contribution >= 4 is 27.2 Å². The van der Waals surface area contributed by atoms with E-state index in [2.05, 4.69) is 17.5 Å². The van der Waals surface area contributed by atoms with E-state index in [1.54, 1.807) is 17.4 Å². The van der Waals surface area contributed by atoms with Gasteiger partial charge in [0.25, 0.3) is 0 Å². The summed E-state index contributed by atoms with van der Waals surface area (Å²) in [4.78, 5) is 12.2. The molecule has 3 heteroatoms. The van der Waals surface area contributed by atoms with E-state index in [1.165, 1.54) is 10.1 Å². The van der Waals surface area contributed by atoms with Crippen molar-refractivity contribution in [1.82, 2.24) is 0 Å². The highest BCUT2D eigenvalue weighted by Gasteiger charge is 2.14. The molecule has 0 spiro atoms. The Bertz CT molecular complexity index is 721. The molecular weight excluding hydrogens is 256 g/mol. The number of Topliss-reactive ketones (excluding diaryl/α,β-unsaturated/α-hetero) is 1. The first kappa shape index (κ1) is 12.2. The van der Waals surface area contributed by atoms with Crippen molar-refractivity contribution in [2.75, 3.05) is 0 Å². The third-order valence-corrected chi connectivity index (χ3v) is 4.21. The third-order valence-electron chi connectivity index (χ3n) is 3.20. The second-order valence-corrected chi connectivity index (χ2v) is 5.39. The topological polar surface area (TPSA) is 30.2 Å². The molecule has 0 N–H and O–H groups in total. The number of hydrogen-bond acceptors (Lipinski definition) is 3. The zero-order valence-electron chi connectivity index (χ0n) is 10.7. The maximum atomic E-state index is 12.2. The lowest BCUT2D eigenvalue weighted by Crippen LogP contribution is -2.01. The van der Waals surface area contributed by atoms with Gasteiger partial charge in [0.05, 0.1) is 0 Å². The van der Waals surface area contributed by atoms with Crippen LogP contribution in [-0.2, 0) is 12.8 Å². The molecule has 0 aliphatic carbocycles. The summed E-state index contributed by atoms with van der Waals surface area (Å²) < 4.78 is 6.73. The Hall–Kier alpha value is -1.87. The standard InChI is InChI=1S/C16H14O2S/c1-2-12-7-8-15(18-12)14(17)9-11-10-19-16-6-4-3-5-13(11)16/h3-8,10H,2,9H2,1H3. The third kappa shape index (κ3) is 2.34. The van der Waals surface area contributed by atoms with Crippen LogP contribution >= 0.6 is 11.3 Å². The Labute approximate surface area is 115 Å². The summed E-state index contributed by atoms with van der Waals surface area (Å²) in [6, 6.07) is 11.8. The van der Waals surface area contributed by atoms with Crippen LogP contribution in [0.15, 0.2) is 46.2 Å². The number of carbonyl (C=O) groups is 1. The predicted molar refractivity (Wildman–Crippen MR) is 77.9 cm³/mol. The van der Waals surface area contributed by atoms with Gasteiger partial charge < -0.3 is 4.42 Å². The molecule has 0 fully saturated rings. The molecule has 2 aromatic heterocycles. The second-order valence-electron chi connectivity index (χ2n) is 4.48. The molecule has 3 rings (SSSR count). The maximum Gasteiger partial charge on any atom is 0.202 e. The minimum Gasteiger partial charge on any atom is -0.458 e. The number of rotatable bonds is 4. The molecule has 2 nitrogen and oxygen atoms in total. The summed E-state index contributed by atoms with van der Waals surface area (Å²) in [5, 5.41) is 3.23. The average Bonchev–Trinajstić information content (AvgIpc) is 3.06. The van der Waals surface area contributed by atoms with Gasteiger partial charge in [-0.15, -0.1) is 11.3 Å². The molecule has 0 bridgehead atoms. The lowest BCUT2D eigenvalue weighted by molar-refractivity contribution is 0.0965. The van der Waals surface area contributed by atoms with Crippen LogP contribution in [0.5, 0.6) is 0 Å². The monoisotopic (exact) mass is 270 g/mol. The molecule has 96 valence electrons. The number of ketones is 1. The number of furan rings is 1. The molecule has 0 amide bonds. The Morgan fingerprint density at radius 2 is 2.05 bits per heavy atom. The molecule has 3 aromatic rings. The normalized spacial score (nSPS) is 11.0. The molecule has 0 unspecified atom stereocenters. The number of fused-ring (bicyclic) bond motifs is 1. The summed E-state index contributed by atoms with van der Waals surface area (Å²) in [5.74, 6) is 1.37. The molecule has 2 heterocycles. The van der Waals surface area contributed by atoms with E-state index < -0.39 is 0 Å². The van der Waals surface area contributed by atoms with Crippen molar-refractivity contribution in [3.05, 3.63) is 58.9 Å². The first-order valence-electron chi connectivity index (χ1n) is 6.35. The number of benzene rings is 1. The van der Waals surface area contributed by atoms with Gasteiger partial charge in [-0.3, -0.25) is 4.79 Å². The van der Waals surface area contributed by atoms with Crippen molar-refractivity contribution in [3.8, 4) is 0 Å². The number of carbonyl (C=O) groups excluding carboxylic acids is 1. The molecule has 0 saturated carbocycles. The quantitative estimate of drug-likeness (QED) is 0.654. The van der Waals surface area contributed by atoms with Gasteiger partial charge in [-0.25, -0.2) is 0 Å². The highest BCUT2D eigenvalue weighted by molar-refractivity contribution is 7.17. The number of hydrogen-bond donors (Lipinski definition) is 0. The van der Waals surface area contributed by atoms with Crippen molar-refractivity contribution in [3.63, 3.8) is 0 Å². The van der Waals surface area contributed by atoms with Crippen LogP contribution in [0.2, 0.25) is 0 Å². The summed E-state index contributed by atoms with van der Waals surface area (Å²) >= 11 is 1.68. The van der Waals surface area contributed by atoms with Crippen LogP contribution in [0.25, 0.3) is 10.1 Å². The van der Waals surface area contributed by atoms with Gasteiger partial charge in [-0.1, -0.05) is 25.1 Å². The smallest absolute Gasteiger partial charge is 0.202 e. The molecular formula is C16H14O2S. The van der Waals surface area contributed by atoms with Crippen LogP contribution in [0.1, 0.15) is 28.8 Å². The molecule has 0 atom stereocenters. The van der Waals surface area contributed by atoms with Gasteiger partial charge >= 0.3 is 0 Å². The van der Waals surface area contributed by atoms with Crippen LogP contribution in [0, 0.1) is 0 Å². The first-order valence-corrected chi connectivity index (χ1v) is 7.23. The average molecular weight is 270 g/mol. The minimum atomic E-state index is 0.0447.